The molecule has 1 heteroatoms. The number of benzene rings is 1. The highest BCUT2D eigenvalue weighted by Crippen LogP contribution is 2.15. The van der Waals surface area contributed by atoms with Crippen LogP contribution in [0.5, 0.6) is 0 Å². The van der Waals surface area contributed by atoms with E-state index in [0.29, 0.717) is 0 Å². The van der Waals surface area contributed by atoms with Gasteiger partial charge < -0.3 is 0 Å². The van der Waals surface area contributed by atoms with Gasteiger partial charge in [0, 0.05) is 4.47 Å². The molecule has 0 aromatic heterocycles. The molecule has 0 fully saturated rings. The van der Waals surface area contributed by atoms with Gasteiger partial charge in [0.25, 0.3) is 0 Å². The molecule has 0 aliphatic carbocycles. The Kier molecular flexibility index (Phi) is 8.29. The number of rotatable bonds is 8. The van der Waals surface area contributed by atoms with E-state index in [9.17, 15) is 0 Å². The molecule has 102 valence electrons. The molecule has 1 aromatic carbocycles. The fourth-order valence-corrected chi connectivity index (χ4v) is 2.18. The lowest BCUT2D eigenvalue weighted by atomic mass is 10.0. The highest BCUT2D eigenvalue weighted by atomic mass is 79.9. The Bertz CT molecular complexity index is 433. The van der Waals surface area contributed by atoms with Crippen LogP contribution in [0.15, 0.2) is 52.7 Å². The molecule has 1 rings (SSSR count). The summed E-state index contributed by atoms with van der Waals surface area (Å²) in [6.07, 6.45) is 11.3. The predicted molar refractivity (Wildman–Crippen MR) is 89.2 cm³/mol. The summed E-state index contributed by atoms with van der Waals surface area (Å²) in [6.45, 7) is 6.07. The number of hydrogen-bond donors (Lipinski definition) is 0. The van der Waals surface area contributed by atoms with Crippen molar-refractivity contribution in [3.8, 4) is 0 Å². The maximum atomic E-state index is 3.83. The van der Waals surface area contributed by atoms with Crippen LogP contribution in [0.1, 0.15) is 51.0 Å². The molecule has 0 amide bonds. The lowest BCUT2D eigenvalue weighted by Crippen LogP contribution is -1.82. The third-order valence-electron chi connectivity index (χ3n) is 3.04. The van der Waals surface area contributed by atoms with Crippen molar-refractivity contribution in [3.05, 3.63) is 58.3 Å². The minimum atomic E-state index is 0.944. The Balaban J connectivity index is 2.65. The molecule has 0 nitrogen and oxygen atoms in total. The molecular formula is C18H23Br. The molecule has 0 spiro atoms. The molecule has 0 saturated heterocycles. The fraction of sp³-hybridized carbons (Fsp3) is 0.389. The van der Waals surface area contributed by atoms with Gasteiger partial charge >= 0.3 is 0 Å². The minimum absolute atomic E-state index is 0.944. The largest absolute Gasteiger partial charge is 0.121 e. The van der Waals surface area contributed by atoms with Gasteiger partial charge in [0.15, 0.2) is 0 Å². The molecule has 0 bridgehead atoms. The van der Waals surface area contributed by atoms with Gasteiger partial charge in [0.2, 0.25) is 0 Å². The van der Waals surface area contributed by atoms with E-state index in [1.54, 1.807) is 0 Å². The average Bonchev–Trinajstić information content (AvgIpc) is 2.42. The highest BCUT2D eigenvalue weighted by molar-refractivity contribution is 9.10. The van der Waals surface area contributed by atoms with Crippen molar-refractivity contribution in [2.24, 2.45) is 0 Å². The first-order chi connectivity index (χ1) is 9.26. The molecule has 19 heavy (non-hydrogen) atoms. The second-order valence-electron chi connectivity index (χ2n) is 4.75. The summed E-state index contributed by atoms with van der Waals surface area (Å²) < 4.78 is 1.11. The van der Waals surface area contributed by atoms with Crippen LogP contribution in [0.3, 0.4) is 0 Å². The average molecular weight is 319 g/mol. The van der Waals surface area contributed by atoms with E-state index < -0.39 is 0 Å². The second kappa shape index (κ2) is 9.83. The van der Waals surface area contributed by atoms with Crippen molar-refractivity contribution in [1.29, 1.82) is 0 Å². The van der Waals surface area contributed by atoms with E-state index in [4.69, 9.17) is 0 Å². The molecule has 0 N–H and O–H groups in total. The number of unbranched alkanes of at least 4 members (excludes halogenated alkanes) is 3. The van der Waals surface area contributed by atoms with Crippen LogP contribution in [0, 0.1) is 0 Å². The van der Waals surface area contributed by atoms with Crippen molar-refractivity contribution in [2.45, 2.75) is 45.4 Å². The molecule has 0 atom stereocenters. The van der Waals surface area contributed by atoms with E-state index in [-0.39, 0.29) is 0 Å². The Morgan fingerprint density at radius 2 is 1.95 bits per heavy atom. The first-order valence-corrected chi connectivity index (χ1v) is 7.86. The lowest BCUT2D eigenvalue weighted by Gasteiger charge is -2.01. The van der Waals surface area contributed by atoms with Crippen molar-refractivity contribution >= 4 is 22.0 Å². The van der Waals surface area contributed by atoms with E-state index in [1.807, 2.05) is 6.08 Å². The summed E-state index contributed by atoms with van der Waals surface area (Å²) in [5, 5.41) is 0. The normalized spacial score (nSPS) is 9.79. The second-order valence-corrected chi connectivity index (χ2v) is 5.66. The summed E-state index contributed by atoms with van der Waals surface area (Å²) >= 11 is 3.45. The van der Waals surface area contributed by atoms with Crippen molar-refractivity contribution in [2.75, 3.05) is 0 Å². The van der Waals surface area contributed by atoms with Crippen molar-refractivity contribution in [3.63, 3.8) is 0 Å². The van der Waals surface area contributed by atoms with E-state index in [0.717, 1.165) is 17.3 Å². The molecule has 0 heterocycles. The first-order valence-electron chi connectivity index (χ1n) is 7.07. The third-order valence-corrected chi connectivity index (χ3v) is 3.56. The van der Waals surface area contributed by atoms with Gasteiger partial charge in [-0.25, -0.2) is 0 Å². The SMILES string of the molecule is C=CCC(=C=Cc1ccc(Br)cc1)CCCCCC. The van der Waals surface area contributed by atoms with Crippen LogP contribution in [0.25, 0.3) is 6.08 Å². The molecule has 0 saturated carbocycles. The molecule has 0 aliphatic heterocycles. The first kappa shape index (κ1) is 16.0. The quantitative estimate of drug-likeness (QED) is 0.290. The molecular weight excluding hydrogens is 296 g/mol. The highest BCUT2D eigenvalue weighted by Gasteiger charge is 1.95. The minimum Gasteiger partial charge on any atom is -0.121 e. The molecule has 0 unspecified atom stereocenters. The van der Waals surface area contributed by atoms with E-state index in [1.165, 1.54) is 36.8 Å². The standard InChI is InChI=1S/C18H23Br/c1-3-5-6-7-9-16(8-4-2)10-11-17-12-14-18(19)15-13-17/h4,11-15H,2-3,5-9H2,1H3. The van der Waals surface area contributed by atoms with Crippen LogP contribution in [-0.2, 0) is 0 Å². The van der Waals surface area contributed by atoms with E-state index >= 15 is 0 Å². The third kappa shape index (κ3) is 7.20. The maximum Gasteiger partial charge on any atom is 0.0175 e. The smallest absolute Gasteiger partial charge is 0.0175 e. The van der Waals surface area contributed by atoms with Crippen LogP contribution in [0.2, 0.25) is 0 Å². The van der Waals surface area contributed by atoms with Crippen LogP contribution < -0.4 is 0 Å². The van der Waals surface area contributed by atoms with Crippen LogP contribution in [0.4, 0.5) is 0 Å². The Hall–Kier alpha value is -1.04. The van der Waals surface area contributed by atoms with Gasteiger partial charge in [-0.2, -0.15) is 0 Å². The zero-order valence-corrected chi connectivity index (χ0v) is 13.4. The van der Waals surface area contributed by atoms with Crippen molar-refractivity contribution in [1.82, 2.24) is 0 Å². The van der Waals surface area contributed by atoms with Crippen molar-refractivity contribution < 1.29 is 0 Å². The van der Waals surface area contributed by atoms with Gasteiger partial charge in [-0.3, -0.25) is 0 Å². The number of allylic oxidation sites excluding steroid dienone is 2. The summed E-state index contributed by atoms with van der Waals surface area (Å²) in [5.74, 6) is 0. The summed E-state index contributed by atoms with van der Waals surface area (Å²) in [5.41, 5.74) is 5.99. The molecule has 1 aromatic rings. The summed E-state index contributed by atoms with van der Waals surface area (Å²) in [6, 6.07) is 8.31. The van der Waals surface area contributed by atoms with Gasteiger partial charge in [-0.1, -0.05) is 60.3 Å². The topological polar surface area (TPSA) is 0 Å². The van der Waals surface area contributed by atoms with Crippen LogP contribution >= 0.6 is 15.9 Å². The zero-order valence-electron chi connectivity index (χ0n) is 11.8. The van der Waals surface area contributed by atoms with Gasteiger partial charge in [0.1, 0.15) is 0 Å². The monoisotopic (exact) mass is 318 g/mol. The molecule has 0 radical (unpaired) electrons. The Labute approximate surface area is 126 Å². The zero-order chi connectivity index (χ0) is 13.9. The van der Waals surface area contributed by atoms with E-state index in [2.05, 4.69) is 65.5 Å². The summed E-state index contributed by atoms with van der Waals surface area (Å²) in [4.78, 5) is 0. The molecule has 0 aliphatic rings. The maximum absolute atomic E-state index is 3.83. The Morgan fingerprint density at radius 1 is 1.21 bits per heavy atom. The van der Waals surface area contributed by atoms with Gasteiger partial charge in [-0.05, 0) is 48.6 Å². The number of hydrogen-bond acceptors (Lipinski definition) is 0. The lowest BCUT2D eigenvalue weighted by molar-refractivity contribution is 0.661. The van der Waals surface area contributed by atoms with Gasteiger partial charge in [-0.15, -0.1) is 12.3 Å². The number of halogens is 1. The van der Waals surface area contributed by atoms with Gasteiger partial charge in [0.05, 0.1) is 0 Å². The Morgan fingerprint density at radius 3 is 2.58 bits per heavy atom. The summed E-state index contributed by atoms with van der Waals surface area (Å²) in [7, 11) is 0. The predicted octanol–water partition coefficient (Wildman–Crippen LogP) is 6.53. The fourth-order valence-electron chi connectivity index (χ4n) is 1.92. The van der Waals surface area contributed by atoms with Crippen LogP contribution in [-0.4, -0.2) is 0 Å².